The first kappa shape index (κ1) is 20.6. The Balaban J connectivity index is 1.46. The lowest BCUT2D eigenvalue weighted by Gasteiger charge is -2.08. The topological polar surface area (TPSA) is 97.1 Å². The highest BCUT2D eigenvalue weighted by Gasteiger charge is 2.14. The summed E-state index contributed by atoms with van der Waals surface area (Å²) < 4.78 is 5.65. The van der Waals surface area contributed by atoms with E-state index in [2.05, 4.69) is 39.9 Å². The summed E-state index contributed by atoms with van der Waals surface area (Å²) in [5, 5.41) is 13.9. The molecule has 0 saturated carbocycles. The maximum absolute atomic E-state index is 12.1. The van der Waals surface area contributed by atoms with Gasteiger partial charge in [0.1, 0.15) is 0 Å². The van der Waals surface area contributed by atoms with Crippen LogP contribution in [0, 0.1) is 0 Å². The van der Waals surface area contributed by atoms with E-state index in [9.17, 15) is 9.59 Å². The van der Waals surface area contributed by atoms with Gasteiger partial charge in [0.05, 0.1) is 5.75 Å². The van der Waals surface area contributed by atoms with Gasteiger partial charge in [-0.1, -0.05) is 49.0 Å². The first-order chi connectivity index (χ1) is 14.0. The molecular formula is C21H22N4O3S. The minimum atomic E-state index is -0.181. The number of anilines is 2. The van der Waals surface area contributed by atoms with Crippen molar-refractivity contribution in [3.8, 4) is 0 Å². The Kier molecular flexibility index (Phi) is 7.02. The molecule has 3 aromatic rings. The van der Waals surface area contributed by atoms with Gasteiger partial charge in [-0.25, -0.2) is 0 Å². The molecule has 0 aliphatic rings. The summed E-state index contributed by atoms with van der Waals surface area (Å²) in [6, 6.07) is 17.0. The number of amides is 2. The Hall–Kier alpha value is -3.13. The zero-order valence-corrected chi connectivity index (χ0v) is 17.0. The van der Waals surface area contributed by atoms with Gasteiger partial charge in [0.25, 0.3) is 5.22 Å². The van der Waals surface area contributed by atoms with Crippen LogP contribution >= 0.6 is 11.8 Å². The van der Waals surface area contributed by atoms with Gasteiger partial charge < -0.3 is 15.1 Å². The van der Waals surface area contributed by atoms with Gasteiger partial charge in [-0.05, 0) is 35.7 Å². The molecule has 0 radical (unpaired) electrons. The number of hydrogen-bond donors (Lipinski definition) is 2. The first-order valence-electron chi connectivity index (χ1n) is 9.17. The van der Waals surface area contributed by atoms with E-state index in [1.165, 1.54) is 24.2 Å². The molecule has 29 heavy (non-hydrogen) atoms. The molecule has 0 bridgehead atoms. The van der Waals surface area contributed by atoms with Crippen molar-refractivity contribution in [2.45, 2.75) is 31.4 Å². The van der Waals surface area contributed by atoms with Crippen molar-refractivity contribution in [1.29, 1.82) is 0 Å². The summed E-state index contributed by atoms with van der Waals surface area (Å²) in [6.45, 7) is 3.55. The fraction of sp³-hybridized carbons (Fsp3) is 0.238. The van der Waals surface area contributed by atoms with Gasteiger partial charge in [-0.2, -0.15) is 0 Å². The van der Waals surface area contributed by atoms with Gasteiger partial charge >= 0.3 is 0 Å². The molecule has 1 heterocycles. The number of carbonyl (C=O) groups is 2. The number of aromatic nitrogens is 2. The Labute approximate surface area is 173 Å². The van der Waals surface area contributed by atoms with E-state index in [0.717, 1.165) is 0 Å². The predicted molar refractivity (Wildman–Crippen MR) is 113 cm³/mol. The van der Waals surface area contributed by atoms with Crippen LogP contribution in [0.3, 0.4) is 0 Å². The van der Waals surface area contributed by atoms with Crippen LogP contribution < -0.4 is 10.6 Å². The maximum Gasteiger partial charge on any atom is 0.277 e. The van der Waals surface area contributed by atoms with Gasteiger partial charge in [-0.3, -0.25) is 9.59 Å². The van der Waals surface area contributed by atoms with E-state index >= 15 is 0 Å². The summed E-state index contributed by atoms with van der Waals surface area (Å²) in [6.07, 6.45) is 0.643. The summed E-state index contributed by atoms with van der Waals surface area (Å²) in [4.78, 5) is 23.2. The maximum atomic E-state index is 12.1. The molecule has 1 atom stereocenters. The van der Waals surface area contributed by atoms with Crippen LogP contribution in [0.15, 0.2) is 64.2 Å². The van der Waals surface area contributed by atoms with Crippen molar-refractivity contribution < 1.29 is 14.0 Å². The molecule has 1 unspecified atom stereocenters. The van der Waals surface area contributed by atoms with Crippen LogP contribution in [0.4, 0.5) is 11.4 Å². The summed E-state index contributed by atoms with van der Waals surface area (Å²) in [5.41, 5.74) is 2.53. The quantitative estimate of drug-likeness (QED) is 0.543. The molecule has 2 aromatic carbocycles. The zero-order chi connectivity index (χ0) is 20.6. The van der Waals surface area contributed by atoms with Crippen LogP contribution in [-0.4, -0.2) is 27.8 Å². The number of benzene rings is 2. The third-order valence-electron chi connectivity index (χ3n) is 4.11. The summed E-state index contributed by atoms with van der Waals surface area (Å²) >= 11 is 1.19. The predicted octanol–water partition coefficient (Wildman–Crippen LogP) is 4.11. The number of nitrogens with one attached hydrogen (secondary N) is 2. The van der Waals surface area contributed by atoms with Crippen molar-refractivity contribution in [3.05, 3.63) is 66.1 Å². The third kappa shape index (κ3) is 6.46. The third-order valence-corrected chi connectivity index (χ3v) is 4.93. The average molecular weight is 410 g/mol. The second-order valence-corrected chi connectivity index (χ2v) is 7.50. The standard InChI is InChI=1S/C21H22N4O3S/c1-14(16-6-4-3-5-7-16)12-20-24-25-21(28-20)29-13-19(27)23-18-10-8-17(9-11-18)22-15(2)26/h3-11,14H,12-13H2,1-2H3,(H,22,26)(H,23,27). The van der Waals surface area contributed by atoms with Crippen LogP contribution in [-0.2, 0) is 16.0 Å². The number of thioether (sulfide) groups is 1. The first-order valence-corrected chi connectivity index (χ1v) is 10.2. The average Bonchev–Trinajstić information content (AvgIpc) is 3.15. The minimum Gasteiger partial charge on any atom is -0.416 e. The fourth-order valence-corrected chi connectivity index (χ4v) is 3.29. The molecule has 0 fully saturated rings. The lowest BCUT2D eigenvalue weighted by atomic mass is 9.98. The molecule has 150 valence electrons. The molecule has 0 saturated heterocycles. The van der Waals surface area contributed by atoms with Crippen LogP contribution in [0.2, 0.25) is 0 Å². The molecule has 0 aliphatic carbocycles. The highest BCUT2D eigenvalue weighted by Crippen LogP contribution is 2.22. The summed E-state index contributed by atoms with van der Waals surface area (Å²) in [5.74, 6) is 0.648. The van der Waals surface area contributed by atoms with E-state index in [1.807, 2.05) is 18.2 Å². The van der Waals surface area contributed by atoms with Crippen LogP contribution in [0.5, 0.6) is 0 Å². The SMILES string of the molecule is CC(=O)Nc1ccc(NC(=O)CSc2nnc(CC(C)c3ccccc3)o2)cc1. The molecule has 3 rings (SSSR count). The van der Waals surface area contributed by atoms with E-state index in [1.54, 1.807) is 24.3 Å². The molecule has 2 amide bonds. The fourth-order valence-electron chi connectivity index (χ4n) is 2.70. The Morgan fingerprint density at radius 2 is 1.66 bits per heavy atom. The van der Waals surface area contributed by atoms with E-state index in [4.69, 9.17) is 4.42 Å². The van der Waals surface area contributed by atoms with Crippen molar-refractivity contribution in [2.75, 3.05) is 16.4 Å². The van der Waals surface area contributed by atoms with Gasteiger partial charge in [0.2, 0.25) is 17.7 Å². The normalized spacial score (nSPS) is 11.7. The second kappa shape index (κ2) is 9.88. The Morgan fingerprint density at radius 1 is 1.00 bits per heavy atom. The number of rotatable bonds is 8. The smallest absolute Gasteiger partial charge is 0.277 e. The Morgan fingerprint density at radius 3 is 2.31 bits per heavy atom. The van der Waals surface area contributed by atoms with Crippen molar-refractivity contribution >= 4 is 35.0 Å². The zero-order valence-electron chi connectivity index (χ0n) is 16.2. The monoisotopic (exact) mass is 410 g/mol. The van der Waals surface area contributed by atoms with Gasteiger partial charge in [0.15, 0.2) is 0 Å². The van der Waals surface area contributed by atoms with Crippen LogP contribution in [0.25, 0.3) is 0 Å². The molecular weight excluding hydrogens is 388 g/mol. The Bertz CT molecular complexity index is 958. The van der Waals surface area contributed by atoms with Crippen molar-refractivity contribution in [1.82, 2.24) is 10.2 Å². The van der Waals surface area contributed by atoms with E-state index in [0.29, 0.717) is 28.9 Å². The molecule has 7 nitrogen and oxygen atoms in total. The summed E-state index contributed by atoms with van der Waals surface area (Å²) in [7, 11) is 0. The number of carbonyl (C=O) groups excluding carboxylic acids is 2. The molecule has 8 heteroatoms. The molecule has 0 aliphatic heterocycles. The lowest BCUT2D eigenvalue weighted by Crippen LogP contribution is -2.14. The van der Waals surface area contributed by atoms with E-state index < -0.39 is 0 Å². The van der Waals surface area contributed by atoms with E-state index in [-0.39, 0.29) is 23.5 Å². The number of nitrogens with zero attached hydrogens (tertiary/aromatic N) is 2. The highest BCUT2D eigenvalue weighted by atomic mass is 32.2. The second-order valence-electron chi connectivity index (χ2n) is 6.57. The largest absolute Gasteiger partial charge is 0.416 e. The molecule has 2 N–H and O–H groups in total. The van der Waals surface area contributed by atoms with Crippen LogP contribution in [0.1, 0.15) is 31.2 Å². The minimum absolute atomic E-state index is 0.143. The molecule has 1 aromatic heterocycles. The highest BCUT2D eigenvalue weighted by molar-refractivity contribution is 7.99. The number of hydrogen-bond acceptors (Lipinski definition) is 6. The van der Waals surface area contributed by atoms with Gasteiger partial charge in [-0.15, -0.1) is 10.2 Å². The van der Waals surface area contributed by atoms with Crippen molar-refractivity contribution in [2.24, 2.45) is 0 Å². The lowest BCUT2D eigenvalue weighted by molar-refractivity contribution is -0.114. The van der Waals surface area contributed by atoms with Crippen molar-refractivity contribution in [3.63, 3.8) is 0 Å². The molecule has 0 spiro atoms. The van der Waals surface area contributed by atoms with Gasteiger partial charge in [0, 0.05) is 24.7 Å².